The van der Waals surface area contributed by atoms with E-state index in [4.69, 9.17) is 21.3 Å². The van der Waals surface area contributed by atoms with Crippen LogP contribution in [0.15, 0.2) is 11.0 Å². The topological polar surface area (TPSA) is 157 Å². The van der Waals surface area contributed by atoms with Gasteiger partial charge in [0, 0.05) is 6.20 Å². The normalized spacial score (nSPS) is 30.1. The summed E-state index contributed by atoms with van der Waals surface area (Å²) in [5.41, 5.74) is 10.2. The Labute approximate surface area is 113 Å². The molecule has 1 aromatic heterocycles. The van der Waals surface area contributed by atoms with Crippen molar-refractivity contribution in [3.63, 3.8) is 0 Å². The van der Waals surface area contributed by atoms with Gasteiger partial charge < -0.3 is 31.5 Å². The number of anilines is 2. The third kappa shape index (κ3) is 2.65. The van der Waals surface area contributed by atoms with Crippen LogP contribution in [0.4, 0.5) is 11.5 Å². The Hall–Kier alpha value is -1.39. The molecule has 1 saturated heterocycles. The van der Waals surface area contributed by atoms with Gasteiger partial charge in [-0.3, -0.25) is 4.57 Å². The number of nitrogens with two attached hydrogens (primary N) is 2. The van der Waals surface area contributed by atoms with Gasteiger partial charge in [-0.1, -0.05) is 0 Å². The van der Waals surface area contributed by atoms with Crippen LogP contribution in [0.1, 0.15) is 6.23 Å². The highest BCUT2D eigenvalue weighted by Gasteiger charge is 2.43. The predicted molar refractivity (Wildman–Crippen MR) is 67.6 cm³/mol. The van der Waals surface area contributed by atoms with Gasteiger partial charge in [0.15, 0.2) is 12.0 Å². The molecule has 1 aliphatic heterocycles. The first-order valence-corrected chi connectivity index (χ1v) is 5.22. The lowest BCUT2D eigenvalue weighted by molar-refractivity contribution is -0.0548. The van der Waals surface area contributed by atoms with Crippen LogP contribution in [-0.2, 0) is 4.74 Å². The number of nitrogen functional groups attached to an aromatic ring is 2. The quantitative estimate of drug-likeness (QED) is 0.398. The van der Waals surface area contributed by atoms with Crippen molar-refractivity contribution in [1.29, 1.82) is 0 Å². The third-order valence-electron chi connectivity index (χ3n) is 2.80. The van der Waals surface area contributed by atoms with E-state index in [2.05, 4.69) is 4.98 Å². The third-order valence-corrected chi connectivity index (χ3v) is 2.80. The molecule has 1 aliphatic rings. The van der Waals surface area contributed by atoms with E-state index >= 15 is 0 Å². The molecule has 1 fully saturated rings. The van der Waals surface area contributed by atoms with Crippen molar-refractivity contribution in [1.82, 2.24) is 9.55 Å². The standard InChI is InChI=1S/C9H14N4O5.ClH/c10-3-1-13(9(17)12-7(3)11)8-6(16)5(15)4(2-14)18-8;/h1,4-6,8,14-16H,2,10H2,(H2,11,12,17);1H/t4-,5-,6-,8-;/m1./s1. The van der Waals surface area contributed by atoms with Gasteiger partial charge in [-0.05, 0) is 0 Å². The van der Waals surface area contributed by atoms with Crippen LogP contribution in [0.25, 0.3) is 0 Å². The first-order valence-electron chi connectivity index (χ1n) is 5.22. The summed E-state index contributed by atoms with van der Waals surface area (Å²) in [6, 6.07) is 0. The number of ether oxygens (including phenoxy) is 1. The molecule has 4 atom stereocenters. The van der Waals surface area contributed by atoms with Crippen LogP contribution < -0.4 is 17.2 Å². The fourth-order valence-corrected chi connectivity index (χ4v) is 1.79. The van der Waals surface area contributed by atoms with E-state index in [0.717, 1.165) is 4.57 Å². The highest BCUT2D eigenvalue weighted by atomic mass is 35.5. The highest BCUT2D eigenvalue weighted by Crippen LogP contribution is 2.28. The molecule has 2 heterocycles. The van der Waals surface area contributed by atoms with Gasteiger partial charge in [-0.2, -0.15) is 4.98 Å². The van der Waals surface area contributed by atoms with E-state index in [1.54, 1.807) is 0 Å². The van der Waals surface area contributed by atoms with Crippen LogP contribution in [0.3, 0.4) is 0 Å². The zero-order chi connectivity index (χ0) is 13.4. The molecular weight excluding hydrogens is 280 g/mol. The zero-order valence-electron chi connectivity index (χ0n) is 9.71. The fourth-order valence-electron chi connectivity index (χ4n) is 1.79. The molecule has 19 heavy (non-hydrogen) atoms. The fraction of sp³-hybridized carbons (Fsp3) is 0.556. The maximum atomic E-state index is 11.6. The lowest BCUT2D eigenvalue weighted by Crippen LogP contribution is -2.36. The molecule has 108 valence electrons. The summed E-state index contributed by atoms with van der Waals surface area (Å²) in [6.45, 7) is -0.485. The second-order valence-corrected chi connectivity index (χ2v) is 4.00. The van der Waals surface area contributed by atoms with Crippen molar-refractivity contribution in [3.05, 3.63) is 16.7 Å². The van der Waals surface area contributed by atoms with Crippen LogP contribution in [-0.4, -0.2) is 49.8 Å². The Kier molecular flexibility index (Phi) is 4.71. The molecule has 10 heteroatoms. The first kappa shape index (κ1) is 15.7. The lowest BCUT2D eigenvalue weighted by Gasteiger charge is -2.17. The van der Waals surface area contributed by atoms with E-state index in [1.165, 1.54) is 6.20 Å². The molecule has 0 aromatic carbocycles. The molecule has 2 rings (SSSR count). The van der Waals surface area contributed by atoms with Gasteiger partial charge in [0.1, 0.15) is 18.3 Å². The number of nitrogens with zero attached hydrogens (tertiary/aromatic N) is 2. The summed E-state index contributed by atoms with van der Waals surface area (Å²) in [5.74, 6) is -0.122. The second-order valence-electron chi connectivity index (χ2n) is 4.00. The molecule has 0 aliphatic carbocycles. The Morgan fingerprint density at radius 3 is 2.53 bits per heavy atom. The van der Waals surface area contributed by atoms with E-state index in [9.17, 15) is 15.0 Å². The molecule has 7 N–H and O–H groups in total. The predicted octanol–water partition coefficient (Wildman–Crippen LogP) is -2.56. The summed E-state index contributed by atoms with van der Waals surface area (Å²) < 4.78 is 6.10. The number of aromatic nitrogens is 2. The van der Waals surface area contributed by atoms with Gasteiger partial charge in [0.05, 0.1) is 12.3 Å². The molecule has 1 aromatic rings. The molecular formula is C9H15ClN4O5. The van der Waals surface area contributed by atoms with Crippen LogP contribution in [0.5, 0.6) is 0 Å². The van der Waals surface area contributed by atoms with Crippen molar-refractivity contribution < 1.29 is 20.1 Å². The van der Waals surface area contributed by atoms with Gasteiger partial charge in [0.2, 0.25) is 0 Å². The largest absolute Gasteiger partial charge is 0.395 e. The summed E-state index contributed by atoms with van der Waals surface area (Å²) in [4.78, 5) is 15.1. The zero-order valence-corrected chi connectivity index (χ0v) is 10.5. The minimum absolute atomic E-state index is 0. The van der Waals surface area contributed by atoms with E-state index in [1.807, 2.05) is 0 Å². The Bertz CT molecular complexity index is 510. The lowest BCUT2D eigenvalue weighted by atomic mass is 10.1. The first-order chi connectivity index (χ1) is 8.45. The summed E-state index contributed by atoms with van der Waals surface area (Å²) >= 11 is 0. The molecule has 0 unspecified atom stereocenters. The average molecular weight is 295 g/mol. The monoisotopic (exact) mass is 294 g/mol. The molecule has 0 spiro atoms. The van der Waals surface area contributed by atoms with Crippen molar-refractivity contribution in [2.75, 3.05) is 18.1 Å². The second kappa shape index (κ2) is 5.72. The van der Waals surface area contributed by atoms with Crippen molar-refractivity contribution in [3.8, 4) is 0 Å². The summed E-state index contributed by atoms with van der Waals surface area (Å²) in [5, 5.41) is 28.3. The molecule has 0 saturated carbocycles. The molecule has 0 bridgehead atoms. The van der Waals surface area contributed by atoms with Gasteiger partial charge in [-0.25, -0.2) is 4.79 Å². The number of aliphatic hydroxyl groups is 3. The average Bonchev–Trinajstić information content (AvgIpc) is 2.61. The van der Waals surface area contributed by atoms with Crippen molar-refractivity contribution in [2.24, 2.45) is 0 Å². The summed E-state index contributed by atoms with van der Waals surface area (Å²) in [6.07, 6.45) is -3.64. The minimum Gasteiger partial charge on any atom is -0.395 e. The molecule has 9 nitrogen and oxygen atoms in total. The number of halogens is 1. The minimum atomic E-state index is -1.37. The number of hydrogen-bond acceptors (Lipinski definition) is 8. The SMILES string of the molecule is Cl.Nc1cn([C@@H]2O[C@H](CO)[C@@H](O)[C@H]2O)c(=O)nc1N. The Morgan fingerprint density at radius 2 is 2.00 bits per heavy atom. The number of hydrogen-bond donors (Lipinski definition) is 5. The maximum absolute atomic E-state index is 11.6. The molecule has 0 amide bonds. The van der Waals surface area contributed by atoms with Crippen LogP contribution in [0.2, 0.25) is 0 Å². The van der Waals surface area contributed by atoms with E-state index < -0.39 is 36.8 Å². The number of rotatable bonds is 2. The van der Waals surface area contributed by atoms with Gasteiger partial charge in [-0.15, -0.1) is 12.4 Å². The molecule has 0 radical (unpaired) electrons. The van der Waals surface area contributed by atoms with Crippen molar-refractivity contribution in [2.45, 2.75) is 24.5 Å². The maximum Gasteiger partial charge on any atom is 0.351 e. The Balaban J connectivity index is 0.00000180. The van der Waals surface area contributed by atoms with Crippen LogP contribution in [0, 0.1) is 0 Å². The highest BCUT2D eigenvalue weighted by molar-refractivity contribution is 5.85. The summed E-state index contributed by atoms with van der Waals surface area (Å²) in [7, 11) is 0. The van der Waals surface area contributed by atoms with E-state index in [0.29, 0.717) is 0 Å². The van der Waals surface area contributed by atoms with E-state index in [-0.39, 0.29) is 23.9 Å². The Morgan fingerprint density at radius 1 is 1.37 bits per heavy atom. The van der Waals surface area contributed by atoms with Gasteiger partial charge >= 0.3 is 5.69 Å². The smallest absolute Gasteiger partial charge is 0.351 e. The van der Waals surface area contributed by atoms with Crippen LogP contribution >= 0.6 is 12.4 Å². The van der Waals surface area contributed by atoms with Gasteiger partial charge in [0.25, 0.3) is 0 Å². The van der Waals surface area contributed by atoms with Crippen molar-refractivity contribution >= 4 is 23.9 Å². The number of aliphatic hydroxyl groups excluding tert-OH is 3.